The van der Waals surface area contributed by atoms with Crippen molar-refractivity contribution in [2.45, 2.75) is 6.92 Å². The highest BCUT2D eigenvalue weighted by Gasteiger charge is 2.07. The van der Waals surface area contributed by atoms with E-state index in [0.29, 0.717) is 5.57 Å². The second-order valence-corrected chi connectivity index (χ2v) is 5.72. The van der Waals surface area contributed by atoms with Crippen molar-refractivity contribution in [1.82, 2.24) is 0 Å². The molecule has 0 amide bonds. The van der Waals surface area contributed by atoms with Crippen LogP contribution in [0, 0.1) is 0 Å². The van der Waals surface area contributed by atoms with E-state index in [1.54, 1.807) is 6.92 Å². The summed E-state index contributed by atoms with van der Waals surface area (Å²) in [5.41, 5.74) is 3.52. The van der Waals surface area contributed by atoms with Crippen LogP contribution in [0.1, 0.15) is 12.5 Å². The lowest BCUT2D eigenvalue weighted by Crippen LogP contribution is -2.08. The number of nitrogens with two attached hydrogens (primary N) is 1. The molecule has 98 valence electrons. The molecule has 0 saturated heterocycles. The molecule has 0 saturated carbocycles. The molecule has 3 nitrogen and oxygen atoms in total. The first-order chi connectivity index (χ1) is 8.97. The Morgan fingerprint density at radius 2 is 1.58 bits per heavy atom. The van der Waals surface area contributed by atoms with Gasteiger partial charge in [-0.1, -0.05) is 54.6 Å². The van der Waals surface area contributed by atoms with Crippen LogP contribution < -0.4 is 5.14 Å². The van der Waals surface area contributed by atoms with E-state index < -0.39 is 10.0 Å². The summed E-state index contributed by atoms with van der Waals surface area (Å²) in [6.07, 6.45) is 0. The average molecular weight is 273 g/mol. The normalized spacial score (nSPS) is 12.4. The Bertz CT molecular complexity index is 704. The maximum atomic E-state index is 11.2. The summed E-state index contributed by atoms with van der Waals surface area (Å²) in [5.74, 6) is 0. The summed E-state index contributed by atoms with van der Waals surface area (Å²) in [6, 6.07) is 17.5. The van der Waals surface area contributed by atoms with Crippen LogP contribution in [0.15, 0.2) is 60.0 Å². The van der Waals surface area contributed by atoms with Gasteiger partial charge in [-0.3, -0.25) is 0 Å². The third kappa shape index (κ3) is 3.53. The van der Waals surface area contributed by atoms with Crippen molar-refractivity contribution in [3.63, 3.8) is 0 Å². The van der Waals surface area contributed by atoms with E-state index in [2.05, 4.69) is 0 Å². The second-order valence-electron chi connectivity index (χ2n) is 4.30. The molecule has 2 aromatic rings. The van der Waals surface area contributed by atoms with E-state index in [9.17, 15) is 8.42 Å². The summed E-state index contributed by atoms with van der Waals surface area (Å²) in [5, 5.41) is 6.15. The Morgan fingerprint density at radius 1 is 1.00 bits per heavy atom. The average Bonchev–Trinajstić information content (AvgIpc) is 2.38. The Labute approximate surface area is 113 Å². The van der Waals surface area contributed by atoms with Gasteiger partial charge in [-0.15, -0.1) is 0 Å². The minimum atomic E-state index is -3.63. The molecule has 0 fully saturated rings. The minimum absolute atomic E-state index is 0.627. The van der Waals surface area contributed by atoms with Gasteiger partial charge in [0.25, 0.3) is 0 Å². The summed E-state index contributed by atoms with van der Waals surface area (Å²) in [7, 11) is -3.63. The van der Waals surface area contributed by atoms with Crippen LogP contribution in [0.4, 0.5) is 0 Å². The number of allylic oxidation sites excluding steroid dienone is 1. The Kier molecular flexibility index (Phi) is 3.83. The molecule has 0 atom stereocenters. The third-order valence-corrected chi connectivity index (χ3v) is 3.46. The summed E-state index contributed by atoms with van der Waals surface area (Å²) < 4.78 is 22.3. The number of benzene rings is 2. The van der Waals surface area contributed by atoms with Gasteiger partial charge in [-0.2, -0.15) is 0 Å². The van der Waals surface area contributed by atoms with Crippen LogP contribution in [0.2, 0.25) is 0 Å². The van der Waals surface area contributed by atoms with Crippen molar-refractivity contribution in [2.24, 2.45) is 5.14 Å². The first kappa shape index (κ1) is 13.5. The lowest BCUT2D eigenvalue weighted by molar-refractivity contribution is 0.606. The number of rotatable bonds is 3. The van der Waals surface area contributed by atoms with Gasteiger partial charge in [0, 0.05) is 5.41 Å². The number of sulfonamides is 1. The quantitative estimate of drug-likeness (QED) is 0.934. The first-order valence-electron chi connectivity index (χ1n) is 5.83. The fraction of sp³-hybridized carbons (Fsp3) is 0.0667. The molecule has 2 N–H and O–H groups in total. The standard InChI is InChI=1S/C15H15NO2S/c1-12(11-19(16,17)18)14-9-5-6-10-15(14)13-7-3-2-4-8-13/h2-11H,1H3,(H2,16,17,18). The molecule has 2 aromatic carbocycles. The first-order valence-corrected chi connectivity index (χ1v) is 7.44. The number of hydrogen-bond donors (Lipinski definition) is 1. The third-order valence-electron chi connectivity index (χ3n) is 2.78. The molecule has 0 heterocycles. The number of hydrogen-bond acceptors (Lipinski definition) is 2. The largest absolute Gasteiger partial charge is 0.231 e. The molecule has 4 heteroatoms. The molecule has 0 aromatic heterocycles. The molecule has 0 aliphatic carbocycles. The van der Waals surface area contributed by atoms with Crippen LogP contribution in [0.3, 0.4) is 0 Å². The molecule has 0 unspecified atom stereocenters. The number of primary sulfonamides is 1. The predicted octanol–water partition coefficient (Wildman–Crippen LogP) is 3.00. The summed E-state index contributed by atoms with van der Waals surface area (Å²) >= 11 is 0. The van der Waals surface area contributed by atoms with Crippen LogP contribution in [0.25, 0.3) is 16.7 Å². The van der Waals surface area contributed by atoms with Crippen molar-refractivity contribution in [2.75, 3.05) is 0 Å². The van der Waals surface area contributed by atoms with Crippen molar-refractivity contribution in [3.05, 3.63) is 65.6 Å². The fourth-order valence-electron chi connectivity index (χ4n) is 2.01. The van der Waals surface area contributed by atoms with Crippen LogP contribution in [-0.2, 0) is 10.0 Å². The Hall–Kier alpha value is -1.91. The zero-order valence-corrected chi connectivity index (χ0v) is 11.4. The summed E-state index contributed by atoms with van der Waals surface area (Å²) in [6.45, 7) is 1.74. The maximum Gasteiger partial charge on any atom is 0.231 e. The smallest absolute Gasteiger partial charge is 0.225 e. The van der Waals surface area contributed by atoms with Crippen molar-refractivity contribution < 1.29 is 8.42 Å². The second kappa shape index (κ2) is 5.38. The Morgan fingerprint density at radius 3 is 2.21 bits per heavy atom. The lowest BCUT2D eigenvalue weighted by Gasteiger charge is -2.10. The van der Waals surface area contributed by atoms with Gasteiger partial charge in [0.05, 0.1) is 0 Å². The SMILES string of the molecule is CC(=CS(N)(=O)=O)c1ccccc1-c1ccccc1. The van der Waals surface area contributed by atoms with Gasteiger partial charge in [0.1, 0.15) is 0 Å². The van der Waals surface area contributed by atoms with E-state index in [1.807, 2.05) is 54.6 Å². The van der Waals surface area contributed by atoms with Crippen LogP contribution >= 0.6 is 0 Å². The monoisotopic (exact) mass is 273 g/mol. The summed E-state index contributed by atoms with van der Waals surface area (Å²) in [4.78, 5) is 0. The van der Waals surface area contributed by atoms with Gasteiger partial charge in [0.2, 0.25) is 10.0 Å². The molecular formula is C15H15NO2S. The molecule has 19 heavy (non-hydrogen) atoms. The highest BCUT2D eigenvalue weighted by molar-refractivity contribution is 7.92. The lowest BCUT2D eigenvalue weighted by atomic mass is 9.96. The topological polar surface area (TPSA) is 60.2 Å². The van der Waals surface area contributed by atoms with Crippen molar-refractivity contribution in [1.29, 1.82) is 0 Å². The van der Waals surface area contributed by atoms with Gasteiger partial charge in [-0.05, 0) is 29.2 Å². The van der Waals surface area contributed by atoms with Gasteiger partial charge >= 0.3 is 0 Å². The van der Waals surface area contributed by atoms with Crippen LogP contribution in [0.5, 0.6) is 0 Å². The molecule has 0 bridgehead atoms. The molecule has 0 aliphatic heterocycles. The molecule has 2 rings (SSSR count). The molecule has 0 spiro atoms. The highest BCUT2D eigenvalue weighted by atomic mass is 32.2. The van der Waals surface area contributed by atoms with E-state index in [1.165, 1.54) is 0 Å². The van der Waals surface area contributed by atoms with E-state index >= 15 is 0 Å². The fourth-order valence-corrected chi connectivity index (χ4v) is 2.63. The van der Waals surface area contributed by atoms with E-state index in [4.69, 9.17) is 5.14 Å². The maximum absolute atomic E-state index is 11.2. The molecule has 0 aliphatic rings. The van der Waals surface area contributed by atoms with Crippen molar-refractivity contribution >= 4 is 15.6 Å². The Balaban J connectivity index is 2.58. The van der Waals surface area contributed by atoms with Crippen LogP contribution in [-0.4, -0.2) is 8.42 Å². The minimum Gasteiger partial charge on any atom is -0.225 e. The van der Waals surface area contributed by atoms with Gasteiger partial charge < -0.3 is 0 Å². The van der Waals surface area contributed by atoms with E-state index in [-0.39, 0.29) is 0 Å². The van der Waals surface area contributed by atoms with Gasteiger partial charge in [0.15, 0.2) is 0 Å². The van der Waals surface area contributed by atoms with Crippen molar-refractivity contribution in [3.8, 4) is 11.1 Å². The van der Waals surface area contributed by atoms with Gasteiger partial charge in [-0.25, -0.2) is 13.6 Å². The van der Waals surface area contributed by atoms with E-state index in [0.717, 1.165) is 22.1 Å². The highest BCUT2D eigenvalue weighted by Crippen LogP contribution is 2.28. The zero-order chi connectivity index (χ0) is 13.9. The zero-order valence-electron chi connectivity index (χ0n) is 10.6. The molecule has 0 radical (unpaired) electrons. The molecular weight excluding hydrogens is 258 g/mol. The predicted molar refractivity (Wildman–Crippen MR) is 78.6 cm³/mol.